The molecule has 2 atom stereocenters. The summed E-state index contributed by atoms with van der Waals surface area (Å²) in [6, 6.07) is 6.74. The number of phenols is 1. The number of ether oxygens (including phenoxy) is 2. The van der Waals surface area contributed by atoms with Crippen molar-refractivity contribution in [1.29, 1.82) is 0 Å². The first-order valence-electron chi connectivity index (χ1n) is 16.1. The van der Waals surface area contributed by atoms with E-state index in [9.17, 15) is 9.90 Å². The van der Waals surface area contributed by atoms with Gasteiger partial charge in [0.1, 0.15) is 12.4 Å². The van der Waals surface area contributed by atoms with Crippen LogP contribution in [0.15, 0.2) is 36.6 Å². The number of benzene rings is 1. The van der Waals surface area contributed by atoms with Gasteiger partial charge in [-0.2, -0.15) is 0 Å². The number of carbonyl (C=O) groups is 1. The molecule has 0 aliphatic carbocycles. The second kappa shape index (κ2) is 12.4. The highest BCUT2D eigenvalue weighted by Gasteiger charge is 2.79. The Morgan fingerprint density at radius 3 is 1.45 bits per heavy atom. The van der Waals surface area contributed by atoms with Gasteiger partial charge in [-0.15, -0.1) is 0 Å². The van der Waals surface area contributed by atoms with Crippen molar-refractivity contribution >= 4 is 76.4 Å². The quantitative estimate of drug-likeness (QED) is 0.203. The largest absolute Gasteiger partial charge is 0.518 e. The molecule has 8 bridgehead atoms. The Balaban J connectivity index is 1.26. The van der Waals surface area contributed by atoms with Crippen molar-refractivity contribution < 1.29 is 68.8 Å². The summed E-state index contributed by atoms with van der Waals surface area (Å²) in [7, 11) is -30.3. The average molecular weight is 827 g/mol. The highest BCUT2D eigenvalue weighted by atomic mass is 28.6. The molecule has 16 nitrogen and oxygen atoms in total. The van der Waals surface area contributed by atoms with Crippen LogP contribution in [0, 0.1) is 11.3 Å². The molecule has 6 heterocycles. The van der Waals surface area contributed by atoms with E-state index in [1.807, 2.05) is 20.8 Å². The first-order chi connectivity index (χ1) is 22.5. The van der Waals surface area contributed by atoms with Crippen LogP contribution < -0.4 is 0 Å². The summed E-state index contributed by atoms with van der Waals surface area (Å²) in [5.41, 5.74) is -0.0682. The highest BCUT2D eigenvalue weighted by molar-refractivity contribution is 7.02. The zero-order chi connectivity index (χ0) is 35.9. The van der Waals surface area contributed by atoms with E-state index in [1.54, 1.807) is 70.1 Å². The maximum Gasteiger partial charge on any atom is 0.518 e. The van der Waals surface area contributed by atoms with Gasteiger partial charge in [-0.05, 0) is 37.5 Å². The molecular formula is C25H46O16Si8. The van der Waals surface area contributed by atoms with Gasteiger partial charge in [0.25, 0.3) is 0 Å². The fourth-order valence-electron chi connectivity index (χ4n) is 6.87. The van der Waals surface area contributed by atoms with E-state index in [-0.39, 0.29) is 18.3 Å². The molecule has 0 spiro atoms. The molecule has 0 amide bonds. The summed E-state index contributed by atoms with van der Waals surface area (Å²) >= 11 is 0. The molecule has 274 valence electrons. The van der Waals surface area contributed by atoms with E-state index in [0.29, 0.717) is 18.6 Å². The molecule has 6 aliphatic rings. The molecule has 0 saturated carbocycles. The van der Waals surface area contributed by atoms with Crippen LogP contribution in [0.3, 0.4) is 0 Å². The summed E-state index contributed by atoms with van der Waals surface area (Å²) in [6.45, 7) is 21.9. The van der Waals surface area contributed by atoms with Crippen LogP contribution in [0.1, 0.15) is 39.2 Å². The van der Waals surface area contributed by atoms with E-state index in [2.05, 4.69) is 6.58 Å². The van der Waals surface area contributed by atoms with E-state index >= 15 is 0 Å². The predicted molar refractivity (Wildman–Crippen MR) is 185 cm³/mol. The fourth-order valence-corrected chi connectivity index (χ4v) is 51.9. The number of allylic oxidation sites excluding steroid dienone is 1. The lowest BCUT2D eigenvalue weighted by Crippen LogP contribution is -2.86. The normalized spacial score (nSPS) is 44.4. The van der Waals surface area contributed by atoms with Crippen LogP contribution in [0.2, 0.25) is 45.8 Å². The second-order valence-corrected chi connectivity index (χ2v) is 37.5. The number of hydrogen-bond donors (Lipinski definition) is 1. The Morgan fingerprint density at radius 2 is 1.08 bits per heavy atom. The minimum absolute atomic E-state index is 0.175. The zero-order valence-electron chi connectivity index (χ0n) is 29.5. The summed E-state index contributed by atoms with van der Waals surface area (Å²) in [5, 5.41) is 9.56. The molecule has 7 rings (SSSR count). The van der Waals surface area contributed by atoms with Crippen LogP contribution in [0.5, 0.6) is 5.75 Å². The molecule has 6 aliphatic heterocycles. The predicted octanol–water partition coefficient (Wildman–Crippen LogP) is 4.13. The van der Waals surface area contributed by atoms with Crippen molar-refractivity contribution in [3.63, 3.8) is 0 Å². The number of hydrogen-bond acceptors (Lipinski definition) is 16. The van der Waals surface area contributed by atoms with Gasteiger partial charge in [-0.1, -0.05) is 32.6 Å². The van der Waals surface area contributed by atoms with Crippen LogP contribution in [0.25, 0.3) is 0 Å². The van der Waals surface area contributed by atoms with Gasteiger partial charge in [-0.25, -0.2) is 0 Å². The number of esters is 1. The van der Waals surface area contributed by atoms with Crippen molar-refractivity contribution in [2.45, 2.75) is 86.0 Å². The third kappa shape index (κ3) is 7.97. The number of phenolic OH excluding ortho intramolecular Hbond substituents is 1. The van der Waals surface area contributed by atoms with E-state index in [4.69, 9.17) is 58.9 Å². The van der Waals surface area contributed by atoms with Crippen LogP contribution >= 0.6 is 0 Å². The van der Waals surface area contributed by atoms with Crippen molar-refractivity contribution in [2.75, 3.05) is 6.23 Å². The number of rotatable bonds is 10. The van der Waals surface area contributed by atoms with Gasteiger partial charge in [0.05, 0.1) is 11.2 Å². The number of carbonyl (C=O) groups excluding carboxylic acids is 1. The van der Waals surface area contributed by atoms with Crippen LogP contribution in [0.4, 0.5) is 0 Å². The molecule has 2 unspecified atom stereocenters. The lowest BCUT2D eigenvalue weighted by molar-refractivity contribution is -0.156. The van der Waals surface area contributed by atoms with E-state index in [1.165, 1.54) is 0 Å². The minimum Gasteiger partial charge on any atom is -0.508 e. The number of aromatic hydroxyl groups is 1. The second-order valence-electron chi connectivity index (χ2n) is 14.0. The van der Waals surface area contributed by atoms with Crippen LogP contribution in [-0.2, 0) is 70.3 Å². The summed E-state index contributed by atoms with van der Waals surface area (Å²) in [6.07, 6.45) is 0.426. The smallest absolute Gasteiger partial charge is 0.508 e. The molecule has 0 radical (unpaired) electrons. The van der Waals surface area contributed by atoms with Crippen molar-refractivity contribution in [3.8, 4) is 5.75 Å². The zero-order valence-corrected chi connectivity index (χ0v) is 37.5. The van der Waals surface area contributed by atoms with E-state index in [0.717, 1.165) is 5.56 Å². The first kappa shape index (κ1) is 38.0. The molecule has 0 aromatic heterocycles. The Bertz CT molecular complexity index is 1380. The fraction of sp³-hybridized carbons (Fsp3) is 0.640. The van der Waals surface area contributed by atoms with Gasteiger partial charge in [0, 0.05) is 51.7 Å². The molecule has 6 saturated heterocycles. The summed E-state index contributed by atoms with van der Waals surface area (Å²) in [5.74, 6) is 0.000781. The Kier molecular flexibility index (Phi) is 9.64. The van der Waals surface area contributed by atoms with Crippen molar-refractivity contribution in [1.82, 2.24) is 0 Å². The van der Waals surface area contributed by atoms with Crippen LogP contribution in [-0.4, -0.2) is 87.7 Å². The van der Waals surface area contributed by atoms with Gasteiger partial charge < -0.3 is 64.0 Å². The van der Waals surface area contributed by atoms with Gasteiger partial charge in [0.15, 0.2) is 6.23 Å². The van der Waals surface area contributed by atoms with Crippen molar-refractivity contribution in [3.05, 3.63) is 42.2 Å². The highest BCUT2D eigenvalue weighted by Crippen LogP contribution is 2.48. The average Bonchev–Trinajstić information content (AvgIpc) is 2.89. The standard InChI is InChI=1S/C25H46O16Si8/c1-12-25(4,17-20(2)21(3)28-18-22-13-15-23(26)16-14-22)24(27)29-19-49-39-46(9)33-43(6)30-42(5)31-44(7,35-46)37-48(11,41-49)38-45(8,32-42)36-47(10,34-43)40-49/h13-16,20,26H,3,12,17-19H2,1-2,4-11H3. The molecule has 1 aromatic rings. The van der Waals surface area contributed by atoms with E-state index < -0.39 is 88.0 Å². The minimum atomic E-state index is -4.22. The monoisotopic (exact) mass is 826 g/mol. The molecule has 1 N–H and O–H groups in total. The maximum absolute atomic E-state index is 14.0. The van der Waals surface area contributed by atoms with Gasteiger partial charge >= 0.3 is 76.4 Å². The Morgan fingerprint density at radius 1 is 0.714 bits per heavy atom. The third-order valence-corrected chi connectivity index (χ3v) is 44.1. The molecule has 49 heavy (non-hydrogen) atoms. The van der Waals surface area contributed by atoms with Crippen molar-refractivity contribution in [2.24, 2.45) is 11.3 Å². The maximum atomic E-state index is 14.0. The first-order valence-corrected chi connectivity index (χ1v) is 33.6. The molecule has 24 heteroatoms. The SMILES string of the molecule is C=C(OCc1ccc(O)cc1)C(C)CC(C)(CC)C(=O)OC[Si]12O[Si]3(C)O[Si]4(C)O[Si]5(C)O[Si](C)(O3)O[Si](C)(O[Si](C)(O5)O[Si](C)(O4)O1)O2. The molecular weight excluding hydrogens is 781 g/mol. The lowest BCUT2D eigenvalue weighted by Gasteiger charge is -2.60. The Labute approximate surface area is 295 Å². The Hall–Kier alpha value is -0.715. The topological polar surface area (TPSA) is 167 Å². The summed E-state index contributed by atoms with van der Waals surface area (Å²) < 4.78 is 91.6. The lowest BCUT2D eigenvalue weighted by atomic mass is 9.79. The summed E-state index contributed by atoms with van der Waals surface area (Å²) in [4.78, 5) is 14.0. The third-order valence-electron chi connectivity index (χ3n) is 8.68. The molecule has 6 fully saturated rings. The van der Waals surface area contributed by atoms with Gasteiger partial charge in [-0.3, -0.25) is 4.79 Å². The molecule has 1 aromatic carbocycles. The van der Waals surface area contributed by atoms with Gasteiger partial charge in [0.2, 0.25) is 0 Å².